The van der Waals surface area contributed by atoms with Crippen molar-refractivity contribution in [1.29, 1.82) is 0 Å². The zero-order valence-electron chi connectivity index (χ0n) is 33.1. The van der Waals surface area contributed by atoms with E-state index in [2.05, 4.69) is 43.1 Å². The van der Waals surface area contributed by atoms with E-state index in [1.54, 1.807) is 23.3 Å². The summed E-state index contributed by atoms with van der Waals surface area (Å²) < 4.78 is 3.67. The van der Waals surface area contributed by atoms with Gasteiger partial charge in [0, 0.05) is 31.7 Å². The number of hydrogen-bond donors (Lipinski definition) is 3. The molecular weight excluding hydrogens is 833 g/mol. The molecule has 4 heterocycles. The molecule has 6 aromatic rings. The van der Waals surface area contributed by atoms with Crippen molar-refractivity contribution in [2.45, 2.75) is 110 Å². The maximum atomic E-state index is 12.0. The van der Waals surface area contributed by atoms with E-state index in [1.807, 2.05) is 66.3 Å². The first-order valence-corrected chi connectivity index (χ1v) is 20.7. The number of nitrogens with zero attached hydrogens (tertiary/aromatic N) is 8. The Hall–Kier alpha value is -5.37. The zero-order valence-corrected chi connectivity index (χ0v) is 35.4. The number of amides is 2. The molecule has 2 saturated carbocycles. The Labute approximate surface area is 373 Å². The summed E-state index contributed by atoms with van der Waals surface area (Å²) in [7, 11) is 0. The van der Waals surface area contributed by atoms with E-state index >= 15 is 0 Å². The smallest absolute Gasteiger partial charge is 0.228 e. The molecule has 0 bridgehead atoms. The molecule has 0 atom stereocenters. The summed E-state index contributed by atoms with van der Waals surface area (Å²) in [6, 6.07) is 17.9. The number of aromatic nitrogens is 8. The first kappa shape index (κ1) is 48.3. The summed E-state index contributed by atoms with van der Waals surface area (Å²) in [5, 5.41) is 9.66. The number of halogens is 3. The summed E-state index contributed by atoms with van der Waals surface area (Å²) in [5.41, 5.74) is 23.1. The second-order valence-corrected chi connectivity index (χ2v) is 15.8. The van der Waals surface area contributed by atoms with E-state index < -0.39 is 10.8 Å². The van der Waals surface area contributed by atoms with E-state index in [1.165, 1.54) is 6.20 Å². The first-order chi connectivity index (χ1) is 28.4. The standard InChI is InChI=1S/C22H24ClN5O.C16H15Cl2N3O.C5H9N3.2CH4/c1-2-28-12-9-16(27-28)13-20-25-14-18(23)19(26-20)8-7-15-5-3-4-6-17(15)22(10-11-22)21(24)29;17-12-9-20-15(18)21-13(12)6-5-10-3-1-2-4-11(10)16(7-8-16)14(19)22;1-2-8-4-5(6)3-7-8;;/h3-6,9,12,14H,2,7-8,10-11,13H2,1H3,(H2,24,29);1-4,9H,5-8H2,(H2,19,22);3-4H,2,6H2,1H3;2*1H4. The van der Waals surface area contributed by atoms with Gasteiger partial charge in [-0.05, 0) is 105 Å². The summed E-state index contributed by atoms with van der Waals surface area (Å²) in [6.45, 7) is 5.79. The predicted molar refractivity (Wildman–Crippen MR) is 243 cm³/mol. The molecule has 6 N–H and O–H groups in total. The van der Waals surface area contributed by atoms with Crippen molar-refractivity contribution in [3.63, 3.8) is 0 Å². The molecule has 2 aliphatic carbocycles. The first-order valence-electron chi connectivity index (χ1n) is 19.6. The summed E-state index contributed by atoms with van der Waals surface area (Å²) in [5.74, 6) is 0.219. The van der Waals surface area contributed by atoms with Gasteiger partial charge in [0.05, 0.1) is 62.5 Å². The number of carbonyl (C=O) groups excluding carboxylic acids is 2. The predicted octanol–water partition coefficient (Wildman–Crippen LogP) is 8.08. The van der Waals surface area contributed by atoms with Gasteiger partial charge in [-0.3, -0.25) is 19.0 Å². The number of nitrogen functional groups attached to an aromatic ring is 1. The Bertz CT molecular complexity index is 2410. The lowest BCUT2D eigenvalue weighted by Gasteiger charge is -2.16. The SMILES string of the molecule is C.C.CCn1cc(N)cn1.CCn1ccc(Cc2ncc(Cl)c(CCc3ccccc3C3(C(N)=O)CC3)n2)n1.NC(=O)C1(c2ccccc2CCc2nc(Cl)ncc2Cl)CC1. The molecule has 0 saturated heterocycles. The molecule has 16 heteroatoms. The van der Waals surface area contributed by atoms with Crippen LogP contribution in [0.2, 0.25) is 15.3 Å². The molecule has 2 fully saturated rings. The number of hydrogen-bond acceptors (Lipinski definition) is 9. The summed E-state index contributed by atoms with van der Waals surface area (Å²) >= 11 is 18.3. The van der Waals surface area contributed by atoms with Crippen LogP contribution in [0.25, 0.3) is 0 Å². The minimum atomic E-state index is -0.491. The molecule has 2 aliphatic rings. The van der Waals surface area contributed by atoms with Crippen molar-refractivity contribution >= 4 is 52.3 Å². The van der Waals surface area contributed by atoms with E-state index in [0.29, 0.717) is 40.8 Å². The Balaban J connectivity index is 0.000000226. The quantitative estimate of drug-likeness (QED) is 0.0905. The number of anilines is 1. The van der Waals surface area contributed by atoms with E-state index in [9.17, 15) is 9.59 Å². The van der Waals surface area contributed by atoms with E-state index in [0.717, 1.165) is 90.9 Å². The number of aryl methyl sites for hydroxylation is 6. The van der Waals surface area contributed by atoms with Crippen LogP contribution in [-0.4, -0.2) is 51.3 Å². The maximum absolute atomic E-state index is 12.0. The highest BCUT2D eigenvalue weighted by molar-refractivity contribution is 6.32. The fourth-order valence-electron chi connectivity index (χ4n) is 7.11. The van der Waals surface area contributed by atoms with Gasteiger partial charge in [0.2, 0.25) is 17.1 Å². The topological polar surface area (TPSA) is 199 Å². The van der Waals surface area contributed by atoms with Crippen molar-refractivity contribution < 1.29 is 9.59 Å². The Morgan fingerprint density at radius 2 is 1.20 bits per heavy atom. The van der Waals surface area contributed by atoms with Gasteiger partial charge in [-0.25, -0.2) is 19.9 Å². The minimum absolute atomic E-state index is 0. The monoisotopic (exact) mass is 887 g/mol. The second kappa shape index (κ2) is 21.4. The lowest BCUT2D eigenvalue weighted by atomic mass is 9.88. The molecule has 0 unspecified atom stereocenters. The summed E-state index contributed by atoms with van der Waals surface area (Å²) in [4.78, 5) is 40.8. The fourth-order valence-corrected chi connectivity index (χ4v) is 7.63. The molecule has 0 radical (unpaired) electrons. The molecular formula is C45H56Cl3N11O2. The van der Waals surface area contributed by atoms with Gasteiger partial charge in [-0.15, -0.1) is 0 Å². The molecule has 0 spiro atoms. The van der Waals surface area contributed by atoms with Crippen LogP contribution >= 0.6 is 34.8 Å². The lowest BCUT2D eigenvalue weighted by molar-refractivity contribution is -0.121. The van der Waals surface area contributed by atoms with Crippen molar-refractivity contribution in [1.82, 2.24) is 39.5 Å². The Morgan fingerprint density at radius 3 is 1.64 bits per heavy atom. The van der Waals surface area contributed by atoms with Crippen LogP contribution < -0.4 is 17.2 Å². The van der Waals surface area contributed by atoms with Crippen LogP contribution in [-0.2, 0) is 65.6 Å². The summed E-state index contributed by atoms with van der Waals surface area (Å²) in [6.07, 6.45) is 15.2. The van der Waals surface area contributed by atoms with Crippen molar-refractivity contribution in [2.75, 3.05) is 5.73 Å². The van der Waals surface area contributed by atoms with Gasteiger partial charge in [-0.1, -0.05) is 86.6 Å². The van der Waals surface area contributed by atoms with Gasteiger partial charge in [-0.2, -0.15) is 10.2 Å². The minimum Gasteiger partial charge on any atom is -0.396 e. The number of rotatable bonds is 14. The fraction of sp³-hybridized carbons (Fsp3) is 0.378. The third-order valence-electron chi connectivity index (χ3n) is 10.8. The third-order valence-corrected chi connectivity index (χ3v) is 11.6. The number of carbonyl (C=O) groups is 2. The normalized spacial score (nSPS) is 13.9. The molecule has 4 aromatic heterocycles. The molecule has 2 amide bonds. The van der Waals surface area contributed by atoms with Gasteiger partial charge in [0.25, 0.3) is 0 Å². The molecule has 8 rings (SSSR count). The van der Waals surface area contributed by atoms with Crippen molar-refractivity contribution in [3.8, 4) is 0 Å². The average Bonchev–Trinajstić information content (AvgIpc) is 4.14. The molecule has 61 heavy (non-hydrogen) atoms. The van der Waals surface area contributed by atoms with E-state index in [4.69, 9.17) is 52.0 Å². The van der Waals surface area contributed by atoms with Crippen LogP contribution in [0.3, 0.4) is 0 Å². The van der Waals surface area contributed by atoms with Gasteiger partial charge < -0.3 is 17.2 Å². The Morgan fingerprint density at radius 1 is 0.689 bits per heavy atom. The van der Waals surface area contributed by atoms with Crippen molar-refractivity contribution in [3.05, 3.63) is 146 Å². The van der Waals surface area contributed by atoms with Crippen LogP contribution in [0.1, 0.15) is 99.5 Å². The van der Waals surface area contributed by atoms with Crippen LogP contribution in [0, 0.1) is 0 Å². The van der Waals surface area contributed by atoms with Gasteiger partial charge in [0.1, 0.15) is 5.82 Å². The average molecular weight is 889 g/mol. The van der Waals surface area contributed by atoms with Crippen LogP contribution in [0.15, 0.2) is 85.6 Å². The highest BCUT2D eigenvalue weighted by Crippen LogP contribution is 2.50. The van der Waals surface area contributed by atoms with Crippen LogP contribution in [0.4, 0.5) is 5.69 Å². The molecule has 0 aliphatic heterocycles. The molecule has 324 valence electrons. The van der Waals surface area contributed by atoms with Crippen molar-refractivity contribution in [2.24, 2.45) is 11.5 Å². The Kier molecular flexibility index (Phi) is 17.0. The highest BCUT2D eigenvalue weighted by atomic mass is 35.5. The van der Waals surface area contributed by atoms with E-state index in [-0.39, 0.29) is 32.0 Å². The number of benzene rings is 2. The molecule has 2 aromatic carbocycles. The number of primary amides is 2. The maximum Gasteiger partial charge on any atom is 0.228 e. The largest absolute Gasteiger partial charge is 0.396 e. The third kappa shape index (κ3) is 11.9. The molecule has 13 nitrogen and oxygen atoms in total. The number of nitrogens with two attached hydrogens (primary N) is 3. The highest BCUT2D eigenvalue weighted by Gasteiger charge is 2.51. The van der Waals surface area contributed by atoms with Gasteiger partial charge in [0.15, 0.2) is 0 Å². The van der Waals surface area contributed by atoms with Crippen LogP contribution in [0.5, 0.6) is 0 Å². The lowest BCUT2D eigenvalue weighted by Crippen LogP contribution is -2.29. The second-order valence-electron chi connectivity index (χ2n) is 14.7. The zero-order chi connectivity index (χ0) is 42.2. The van der Waals surface area contributed by atoms with Gasteiger partial charge >= 0.3 is 0 Å².